The maximum Gasteiger partial charge on any atom is 0.247 e. The Balaban J connectivity index is 1.51. The van der Waals surface area contributed by atoms with Gasteiger partial charge in [0.1, 0.15) is 11.9 Å². The van der Waals surface area contributed by atoms with E-state index in [1.165, 1.54) is 25.7 Å². The molecule has 1 saturated carbocycles. The zero-order valence-corrected chi connectivity index (χ0v) is 18.5. The first kappa shape index (κ1) is 20.1. The molecule has 1 atom stereocenters. The topological polar surface area (TPSA) is 105 Å². The Kier molecular flexibility index (Phi) is 4.74. The molecule has 2 aromatic carbocycles. The monoisotopic (exact) mass is 444 g/mol. The predicted octanol–water partition coefficient (Wildman–Crippen LogP) is 3.64. The number of rotatable bonds is 6. The molecule has 0 spiro atoms. The fourth-order valence-electron chi connectivity index (χ4n) is 5.03. The second-order valence-electron chi connectivity index (χ2n) is 9.36. The number of carbonyl (C=O) groups is 2. The van der Waals surface area contributed by atoms with Gasteiger partial charge in [-0.1, -0.05) is 0 Å². The van der Waals surface area contributed by atoms with Gasteiger partial charge in [0.25, 0.3) is 0 Å². The van der Waals surface area contributed by atoms with Gasteiger partial charge in [0.05, 0.1) is 16.7 Å². The number of amides is 2. The van der Waals surface area contributed by atoms with E-state index in [2.05, 4.69) is 39.8 Å². The van der Waals surface area contributed by atoms with Gasteiger partial charge >= 0.3 is 0 Å². The maximum absolute atomic E-state index is 13.3. The van der Waals surface area contributed by atoms with Gasteiger partial charge in [0.15, 0.2) is 0 Å². The minimum atomic E-state index is -0.567. The van der Waals surface area contributed by atoms with Crippen LogP contribution in [0.15, 0.2) is 36.4 Å². The van der Waals surface area contributed by atoms with Crippen LogP contribution in [0.25, 0.3) is 22.4 Å². The second-order valence-corrected chi connectivity index (χ2v) is 9.36. The molecule has 2 fully saturated rings. The summed E-state index contributed by atoms with van der Waals surface area (Å²) in [5.41, 5.74) is 11.0. The van der Waals surface area contributed by atoms with Crippen molar-refractivity contribution in [1.29, 1.82) is 0 Å². The van der Waals surface area contributed by atoms with Crippen LogP contribution < -0.4 is 21.3 Å². The Morgan fingerprint density at radius 2 is 1.97 bits per heavy atom. The Labute approximate surface area is 192 Å². The molecule has 6 rings (SSSR count). The molecular formula is C25H28N6O2. The number of nitrogens with one attached hydrogen (secondary N) is 2. The average Bonchev–Trinajstić information content (AvgIpc) is 3.32. The summed E-state index contributed by atoms with van der Waals surface area (Å²) in [6.45, 7) is 2.11. The summed E-state index contributed by atoms with van der Waals surface area (Å²) >= 11 is 0. The number of nitrogens with two attached hydrogens (primary N) is 1. The van der Waals surface area contributed by atoms with Crippen molar-refractivity contribution in [1.82, 2.24) is 9.55 Å². The van der Waals surface area contributed by atoms with Crippen molar-refractivity contribution in [3.8, 4) is 11.4 Å². The van der Waals surface area contributed by atoms with Crippen LogP contribution in [0.5, 0.6) is 0 Å². The van der Waals surface area contributed by atoms with Crippen molar-refractivity contribution in [2.45, 2.75) is 50.6 Å². The number of nitrogens with zero attached hydrogens (tertiary/aromatic N) is 3. The number of carbonyl (C=O) groups excluding carboxylic acids is 2. The van der Waals surface area contributed by atoms with Gasteiger partial charge in [0.2, 0.25) is 11.8 Å². The van der Waals surface area contributed by atoms with E-state index in [1.54, 1.807) is 0 Å². The Bertz CT molecular complexity index is 1260. The molecule has 1 saturated heterocycles. The van der Waals surface area contributed by atoms with E-state index in [0.29, 0.717) is 12.5 Å². The van der Waals surface area contributed by atoms with Gasteiger partial charge < -0.3 is 25.8 Å². The van der Waals surface area contributed by atoms with Crippen molar-refractivity contribution in [3.05, 3.63) is 36.4 Å². The molecule has 4 N–H and O–H groups in total. The third-order valence-electron chi connectivity index (χ3n) is 6.89. The highest BCUT2D eigenvalue weighted by Gasteiger charge is 2.32. The zero-order valence-electron chi connectivity index (χ0n) is 18.5. The molecule has 0 bridgehead atoms. The van der Waals surface area contributed by atoms with Crippen molar-refractivity contribution >= 4 is 39.9 Å². The summed E-state index contributed by atoms with van der Waals surface area (Å²) in [6, 6.07) is 12.3. The van der Waals surface area contributed by atoms with Gasteiger partial charge in [-0.15, -0.1) is 0 Å². The molecule has 1 aliphatic carbocycles. The van der Waals surface area contributed by atoms with E-state index in [1.807, 2.05) is 16.7 Å². The molecule has 170 valence electrons. The largest absolute Gasteiger partial charge is 0.382 e. The van der Waals surface area contributed by atoms with Crippen LogP contribution in [-0.4, -0.2) is 40.5 Å². The quantitative estimate of drug-likeness (QED) is 0.538. The normalized spacial score (nSPS) is 19.7. The number of benzene rings is 2. The highest BCUT2D eigenvalue weighted by molar-refractivity contribution is 6.02. The molecule has 33 heavy (non-hydrogen) atoms. The standard InChI is InChI=1S/C25H28N6O2/c26-23(32)10-9-22-25(33)29-19-7-5-16(27-15-3-4-15)13-18(19)24-28-20-14-17(30-11-1-2-12-30)6-8-21(20)31(22)24/h5-8,13-15,22,27H,1-4,9-12H2,(H2,26,32)(H,29,33). The van der Waals surface area contributed by atoms with Crippen molar-refractivity contribution in [2.24, 2.45) is 5.73 Å². The van der Waals surface area contributed by atoms with Crippen LogP contribution in [0.3, 0.4) is 0 Å². The minimum Gasteiger partial charge on any atom is -0.382 e. The number of hydrogen-bond donors (Lipinski definition) is 3. The lowest BCUT2D eigenvalue weighted by atomic mass is 10.1. The van der Waals surface area contributed by atoms with E-state index >= 15 is 0 Å². The molecule has 8 heteroatoms. The number of fused-ring (bicyclic) bond motifs is 5. The molecule has 0 radical (unpaired) electrons. The fourth-order valence-corrected chi connectivity index (χ4v) is 5.03. The smallest absolute Gasteiger partial charge is 0.247 e. The summed E-state index contributed by atoms with van der Waals surface area (Å²) in [6.07, 6.45) is 5.23. The van der Waals surface area contributed by atoms with E-state index in [0.717, 1.165) is 52.6 Å². The lowest BCUT2D eigenvalue weighted by Gasteiger charge is -2.19. The van der Waals surface area contributed by atoms with Crippen molar-refractivity contribution < 1.29 is 9.59 Å². The van der Waals surface area contributed by atoms with Crippen molar-refractivity contribution in [2.75, 3.05) is 28.6 Å². The summed E-state index contributed by atoms with van der Waals surface area (Å²) < 4.78 is 1.99. The minimum absolute atomic E-state index is 0.133. The Morgan fingerprint density at radius 1 is 1.15 bits per heavy atom. The average molecular weight is 445 g/mol. The molecule has 3 heterocycles. The number of aromatic nitrogens is 2. The van der Waals surface area contributed by atoms with E-state index in [-0.39, 0.29) is 12.3 Å². The highest BCUT2D eigenvalue weighted by Crippen LogP contribution is 2.40. The predicted molar refractivity (Wildman–Crippen MR) is 129 cm³/mol. The second kappa shape index (κ2) is 7.79. The lowest BCUT2D eigenvalue weighted by Crippen LogP contribution is -2.26. The zero-order chi connectivity index (χ0) is 22.5. The molecule has 3 aromatic rings. The summed E-state index contributed by atoms with van der Waals surface area (Å²) in [7, 11) is 0. The van der Waals surface area contributed by atoms with Crippen molar-refractivity contribution in [3.63, 3.8) is 0 Å². The van der Waals surface area contributed by atoms with Gasteiger partial charge in [-0.05, 0) is 68.5 Å². The molecule has 2 aliphatic heterocycles. The van der Waals surface area contributed by atoms with Crippen LogP contribution in [-0.2, 0) is 9.59 Å². The van der Waals surface area contributed by atoms with Gasteiger partial charge in [-0.3, -0.25) is 9.59 Å². The van der Waals surface area contributed by atoms with E-state index in [9.17, 15) is 9.59 Å². The number of primary amides is 1. The lowest BCUT2D eigenvalue weighted by molar-refractivity contribution is -0.120. The molecule has 1 unspecified atom stereocenters. The summed E-state index contributed by atoms with van der Waals surface area (Å²) in [5, 5.41) is 6.60. The highest BCUT2D eigenvalue weighted by atomic mass is 16.2. The molecule has 8 nitrogen and oxygen atoms in total. The molecule has 1 aromatic heterocycles. The summed E-state index contributed by atoms with van der Waals surface area (Å²) in [5.74, 6) is 0.177. The summed E-state index contributed by atoms with van der Waals surface area (Å²) in [4.78, 5) is 32.3. The van der Waals surface area contributed by atoms with Gasteiger partial charge in [-0.2, -0.15) is 0 Å². The Morgan fingerprint density at radius 3 is 2.73 bits per heavy atom. The first-order valence-electron chi connectivity index (χ1n) is 11.8. The third-order valence-corrected chi connectivity index (χ3v) is 6.89. The number of anilines is 3. The molecule has 2 amide bonds. The van der Waals surface area contributed by atoms with E-state index in [4.69, 9.17) is 10.7 Å². The van der Waals surface area contributed by atoms with Crippen LogP contribution in [0.1, 0.15) is 44.6 Å². The fraction of sp³-hybridized carbons (Fsp3) is 0.400. The molecule has 3 aliphatic rings. The first-order valence-corrected chi connectivity index (χ1v) is 11.8. The van der Waals surface area contributed by atoms with Crippen LogP contribution in [0.4, 0.5) is 17.1 Å². The third kappa shape index (κ3) is 3.69. The number of hydrogen-bond acceptors (Lipinski definition) is 5. The SMILES string of the molecule is NC(=O)CCC1C(=O)Nc2ccc(NC3CC3)cc2-c2nc3cc(N4CCCC4)ccc3n21. The molecular weight excluding hydrogens is 416 g/mol. The Hall–Kier alpha value is -3.55. The van der Waals surface area contributed by atoms with Gasteiger partial charge in [0, 0.05) is 42.5 Å². The van der Waals surface area contributed by atoms with Crippen LogP contribution in [0.2, 0.25) is 0 Å². The first-order chi connectivity index (χ1) is 16.1. The number of imidazole rings is 1. The van der Waals surface area contributed by atoms with Gasteiger partial charge in [-0.25, -0.2) is 4.98 Å². The van der Waals surface area contributed by atoms with Crippen LogP contribution >= 0.6 is 0 Å². The maximum atomic E-state index is 13.3. The van der Waals surface area contributed by atoms with E-state index < -0.39 is 11.9 Å². The van der Waals surface area contributed by atoms with Crippen LogP contribution in [0, 0.1) is 0 Å².